The van der Waals surface area contributed by atoms with Crippen LogP contribution in [0.1, 0.15) is 23.7 Å². The first-order valence-corrected chi connectivity index (χ1v) is 5.47. The first-order valence-electron chi connectivity index (χ1n) is 5.47. The second kappa shape index (κ2) is 3.50. The highest BCUT2D eigenvalue weighted by Gasteiger charge is 2.24. The zero-order chi connectivity index (χ0) is 10.3. The predicted molar refractivity (Wildman–Crippen MR) is 54.9 cm³/mol. The summed E-state index contributed by atoms with van der Waals surface area (Å²) in [5, 5.41) is 6.50. The van der Waals surface area contributed by atoms with Gasteiger partial charge in [-0.2, -0.15) is 0 Å². The molecule has 5 heteroatoms. The van der Waals surface area contributed by atoms with Gasteiger partial charge in [0, 0.05) is 18.7 Å². The number of nitrogens with one attached hydrogen (secondary N) is 2. The molecule has 0 radical (unpaired) electrons. The van der Waals surface area contributed by atoms with E-state index in [9.17, 15) is 4.79 Å². The van der Waals surface area contributed by atoms with Gasteiger partial charge in [0.15, 0.2) is 0 Å². The minimum absolute atomic E-state index is 0.110. The van der Waals surface area contributed by atoms with Crippen molar-refractivity contribution < 1.29 is 4.74 Å². The Morgan fingerprint density at radius 2 is 2.40 bits per heavy atom. The van der Waals surface area contributed by atoms with Crippen molar-refractivity contribution in [1.82, 2.24) is 15.1 Å². The molecule has 1 unspecified atom stereocenters. The molecule has 2 aliphatic rings. The Morgan fingerprint density at radius 1 is 1.47 bits per heavy atom. The van der Waals surface area contributed by atoms with Crippen LogP contribution in [-0.2, 0) is 17.8 Å². The summed E-state index contributed by atoms with van der Waals surface area (Å²) in [6, 6.07) is 0.295. The summed E-state index contributed by atoms with van der Waals surface area (Å²) < 4.78 is 7.08. The molecule has 0 amide bonds. The highest BCUT2D eigenvalue weighted by Crippen LogP contribution is 2.16. The van der Waals surface area contributed by atoms with Gasteiger partial charge in [0.25, 0.3) is 5.56 Å². The van der Waals surface area contributed by atoms with Crippen molar-refractivity contribution in [2.24, 2.45) is 0 Å². The lowest BCUT2D eigenvalue weighted by molar-refractivity contribution is 0.109. The third kappa shape index (κ3) is 1.42. The molecule has 1 aromatic rings. The van der Waals surface area contributed by atoms with Crippen LogP contribution >= 0.6 is 0 Å². The van der Waals surface area contributed by atoms with Crippen molar-refractivity contribution in [3.05, 3.63) is 21.6 Å². The monoisotopic (exact) mass is 209 g/mol. The van der Waals surface area contributed by atoms with Gasteiger partial charge in [-0.25, -0.2) is 4.68 Å². The van der Waals surface area contributed by atoms with Crippen LogP contribution < -0.4 is 10.9 Å². The van der Waals surface area contributed by atoms with E-state index in [1.165, 1.54) is 0 Å². The van der Waals surface area contributed by atoms with Crippen LogP contribution in [0.2, 0.25) is 0 Å². The molecular weight excluding hydrogens is 194 g/mol. The Hall–Kier alpha value is -1.07. The van der Waals surface area contributed by atoms with Gasteiger partial charge < -0.3 is 10.1 Å². The number of H-pyrrole nitrogens is 1. The summed E-state index contributed by atoms with van der Waals surface area (Å²) in [6.45, 7) is 3.07. The van der Waals surface area contributed by atoms with E-state index in [0.29, 0.717) is 12.6 Å². The second-order valence-corrected chi connectivity index (χ2v) is 4.19. The molecule has 2 N–H and O–H groups in total. The largest absolute Gasteiger partial charge is 0.376 e. The normalized spacial score (nSPS) is 25.5. The first kappa shape index (κ1) is 9.18. The van der Waals surface area contributed by atoms with Crippen LogP contribution in [0.4, 0.5) is 0 Å². The smallest absolute Gasteiger partial charge is 0.272 e. The van der Waals surface area contributed by atoms with E-state index in [4.69, 9.17) is 4.74 Å². The van der Waals surface area contributed by atoms with E-state index in [0.717, 1.165) is 43.8 Å². The Morgan fingerprint density at radius 3 is 3.13 bits per heavy atom. The molecule has 1 saturated heterocycles. The molecule has 0 bridgehead atoms. The van der Waals surface area contributed by atoms with Crippen molar-refractivity contribution in [2.75, 3.05) is 19.7 Å². The summed E-state index contributed by atoms with van der Waals surface area (Å²) in [5.41, 5.74) is 2.00. The number of rotatable bonds is 1. The Kier molecular flexibility index (Phi) is 2.14. The van der Waals surface area contributed by atoms with Crippen molar-refractivity contribution >= 4 is 0 Å². The minimum atomic E-state index is 0.110. The van der Waals surface area contributed by atoms with Gasteiger partial charge in [0.1, 0.15) is 0 Å². The quantitative estimate of drug-likeness (QED) is 0.672. The van der Waals surface area contributed by atoms with Gasteiger partial charge in [0.05, 0.1) is 24.8 Å². The third-order valence-corrected chi connectivity index (χ3v) is 3.24. The molecule has 0 aromatic carbocycles. The van der Waals surface area contributed by atoms with Gasteiger partial charge in [0.2, 0.25) is 0 Å². The average Bonchev–Trinajstić information content (AvgIpc) is 2.87. The molecule has 82 valence electrons. The molecule has 5 nitrogen and oxygen atoms in total. The molecule has 0 spiro atoms. The maximum absolute atomic E-state index is 12.0. The van der Waals surface area contributed by atoms with Gasteiger partial charge in [-0.15, -0.1) is 0 Å². The van der Waals surface area contributed by atoms with Crippen LogP contribution in [0.3, 0.4) is 0 Å². The number of ether oxygens (including phenoxy) is 1. The number of hydrogen-bond donors (Lipinski definition) is 2. The summed E-state index contributed by atoms with van der Waals surface area (Å²) in [7, 11) is 0. The highest BCUT2D eigenvalue weighted by atomic mass is 16.5. The van der Waals surface area contributed by atoms with E-state index < -0.39 is 0 Å². The zero-order valence-corrected chi connectivity index (χ0v) is 8.58. The molecule has 3 rings (SSSR count). The topological polar surface area (TPSA) is 59.0 Å². The molecule has 3 heterocycles. The van der Waals surface area contributed by atoms with Crippen molar-refractivity contribution in [2.45, 2.75) is 25.5 Å². The minimum Gasteiger partial charge on any atom is -0.376 e. The number of aromatic amines is 1. The van der Waals surface area contributed by atoms with E-state index in [1.807, 2.05) is 0 Å². The maximum atomic E-state index is 12.0. The van der Waals surface area contributed by atoms with E-state index >= 15 is 0 Å². The molecule has 1 atom stereocenters. The summed E-state index contributed by atoms with van der Waals surface area (Å²) >= 11 is 0. The van der Waals surface area contributed by atoms with Gasteiger partial charge in [-0.3, -0.25) is 9.89 Å². The van der Waals surface area contributed by atoms with Crippen LogP contribution in [0.25, 0.3) is 0 Å². The van der Waals surface area contributed by atoms with Crippen molar-refractivity contribution in [3.8, 4) is 0 Å². The predicted octanol–water partition coefficient (Wildman–Crippen LogP) is -0.217. The fraction of sp³-hybridized carbons (Fsp3) is 0.700. The van der Waals surface area contributed by atoms with Crippen LogP contribution in [0, 0.1) is 0 Å². The van der Waals surface area contributed by atoms with Crippen LogP contribution in [0.5, 0.6) is 0 Å². The maximum Gasteiger partial charge on any atom is 0.272 e. The number of hydrogen-bond acceptors (Lipinski definition) is 3. The van der Waals surface area contributed by atoms with Gasteiger partial charge in [-0.1, -0.05) is 0 Å². The van der Waals surface area contributed by atoms with Crippen LogP contribution in [0.15, 0.2) is 4.79 Å². The van der Waals surface area contributed by atoms with Crippen molar-refractivity contribution in [1.29, 1.82) is 0 Å². The Balaban J connectivity index is 2.01. The molecule has 0 saturated carbocycles. The average molecular weight is 209 g/mol. The standard InChI is InChI=1S/C10H15N3O2/c14-10-8-6-15-4-2-9(8)12-13(10)7-1-3-11-5-7/h7,11-12H,1-6H2. The lowest BCUT2D eigenvalue weighted by atomic mass is 10.2. The second-order valence-electron chi connectivity index (χ2n) is 4.19. The molecule has 1 aromatic heterocycles. The zero-order valence-electron chi connectivity index (χ0n) is 8.58. The fourth-order valence-electron chi connectivity index (χ4n) is 2.36. The number of fused-ring (bicyclic) bond motifs is 1. The van der Waals surface area contributed by atoms with Gasteiger partial charge >= 0.3 is 0 Å². The number of nitrogens with zero attached hydrogens (tertiary/aromatic N) is 1. The summed E-state index contributed by atoms with van der Waals surface area (Å²) in [4.78, 5) is 12.0. The van der Waals surface area contributed by atoms with E-state index in [2.05, 4.69) is 10.4 Å². The first-order chi connectivity index (χ1) is 7.36. The summed E-state index contributed by atoms with van der Waals surface area (Å²) in [6.07, 6.45) is 1.86. The lowest BCUT2D eigenvalue weighted by Crippen LogP contribution is -2.26. The fourth-order valence-corrected chi connectivity index (χ4v) is 2.36. The number of aromatic nitrogens is 2. The highest BCUT2D eigenvalue weighted by molar-refractivity contribution is 5.19. The van der Waals surface area contributed by atoms with E-state index in [1.54, 1.807) is 4.68 Å². The van der Waals surface area contributed by atoms with Crippen molar-refractivity contribution in [3.63, 3.8) is 0 Å². The Bertz CT molecular complexity index is 415. The van der Waals surface area contributed by atoms with Gasteiger partial charge in [-0.05, 0) is 13.0 Å². The SMILES string of the molecule is O=c1c2c([nH]n1C1CCNC1)CCOC2. The molecule has 1 fully saturated rings. The Labute approximate surface area is 87.4 Å². The molecule has 15 heavy (non-hydrogen) atoms. The lowest BCUT2D eigenvalue weighted by Gasteiger charge is -2.09. The molecular formula is C10H15N3O2. The third-order valence-electron chi connectivity index (χ3n) is 3.24. The van der Waals surface area contributed by atoms with E-state index in [-0.39, 0.29) is 5.56 Å². The summed E-state index contributed by atoms with van der Waals surface area (Å²) in [5.74, 6) is 0. The molecule has 0 aliphatic carbocycles. The van der Waals surface area contributed by atoms with Crippen LogP contribution in [-0.4, -0.2) is 29.5 Å². The molecule has 2 aliphatic heterocycles.